The van der Waals surface area contributed by atoms with Crippen molar-refractivity contribution < 1.29 is 22.8 Å². The van der Waals surface area contributed by atoms with Gasteiger partial charge in [0.05, 0.1) is 11.6 Å². The molecule has 0 aliphatic heterocycles. The van der Waals surface area contributed by atoms with Gasteiger partial charge in [-0.05, 0) is 42.8 Å². The molecule has 0 aromatic heterocycles. The number of amides is 1. The fourth-order valence-electron chi connectivity index (χ4n) is 2.20. The average Bonchev–Trinajstić information content (AvgIpc) is 2.57. The third kappa shape index (κ3) is 4.41. The van der Waals surface area contributed by atoms with Crippen molar-refractivity contribution in [3.05, 3.63) is 64.2 Å². The molecule has 0 fully saturated rings. The molecule has 4 nitrogen and oxygen atoms in total. The number of Topliss-reactive ketones (excluding diaryl/α,β-unsaturated/α-hetero) is 1. The summed E-state index contributed by atoms with van der Waals surface area (Å²) < 4.78 is 37.7. The van der Waals surface area contributed by atoms with E-state index in [0.717, 1.165) is 24.3 Å². The Morgan fingerprint density at radius 1 is 1.15 bits per heavy atom. The minimum atomic E-state index is -4.54. The Bertz CT molecular complexity index is 887. The number of rotatable bonds is 4. The maximum absolute atomic E-state index is 12.6. The number of benzene rings is 2. The van der Waals surface area contributed by atoms with E-state index in [-0.39, 0.29) is 5.56 Å². The van der Waals surface area contributed by atoms with Gasteiger partial charge in [0.1, 0.15) is 0 Å². The third-order valence-corrected chi connectivity index (χ3v) is 3.83. The summed E-state index contributed by atoms with van der Waals surface area (Å²) in [7, 11) is 0. The molecule has 8 heteroatoms. The van der Waals surface area contributed by atoms with Crippen LogP contribution in [0.4, 0.5) is 18.9 Å². The van der Waals surface area contributed by atoms with Crippen LogP contribution in [0, 0.1) is 24.2 Å². The minimum Gasteiger partial charge on any atom is -0.324 e. The smallest absolute Gasteiger partial charge is 0.324 e. The molecule has 2 aromatic rings. The Morgan fingerprint density at radius 2 is 1.77 bits per heavy atom. The van der Waals surface area contributed by atoms with Gasteiger partial charge in [0, 0.05) is 16.3 Å². The molecule has 134 valence electrons. The number of carbonyl (C=O) groups excluding carboxylic acids is 2. The van der Waals surface area contributed by atoms with Crippen LogP contribution < -0.4 is 5.32 Å². The first-order valence-corrected chi connectivity index (χ1v) is 7.69. The van der Waals surface area contributed by atoms with Crippen LogP contribution in [0.25, 0.3) is 0 Å². The molecule has 26 heavy (non-hydrogen) atoms. The van der Waals surface area contributed by atoms with Gasteiger partial charge in [-0.3, -0.25) is 9.59 Å². The first-order valence-electron chi connectivity index (χ1n) is 7.31. The lowest BCUT2D eigenvalue weighted by atomic mass is 9.97. The zero-order chi connectivity index (χ0) is 19.5. The number of hydrogen-bond acceptors (Lipinski definition) is 3. The predicted octanol–water partition coefficient (Wildman–Crippen LogP) is 4.63. The van der Waals surface area contributed by atoms with Crippen LogP contribution >= 0.6 is 11.6 Å². The zero-order valence-electron chi connectivity index (χ0n) is 13.4. The Kier molecular flexibility index (Phi) is 5.68. The van der Waals surface area contributed by atoms with Crippen molar-refractivity contribution in [2.24, 2.45) is 5.92 Å². The van der Waals surface area contributed by atoms with Crippen molar-refractivity contribution in [1.82, 2.24) is 0 Å². The van der Waals surface area contributed by atoms with Crippen LogP contribution in [0.2, 0.25) is 5.02 Å². The number of carbonyl (C=O) groups is 2. The lowest BCUT2D eigenvalue weighted by Crippen LogP contribution is -2.29. The van der Waals surface area contributed by atoms with Gasteiger partial charge >= 0.3 is 6.18 Å². The number of alkyl halides is 3. The summed E-state index contributed by atoms with van der Waals surface area (Å²) in [5, 5.41) is 12.1. The molecule has 0 saturated heterocycles. The van der Waals surface area contributed by atoms with E-state index in [4.69, 9.17) is 11.6 Å². The molecule has 2 aromatic carbocycles. The van der Waals surface area contributed by atoms with Crippen molar-refractivity contribution in [2.75, 3.05) is 5.32 Å². The summed E-state index contributed by atoms with van der Waals surface area (Å²) in [5.74, 6) is -3.45. The van der Waals surface area contributed by atoms with Gasteiger partial charge in [0.15, 0.2) is 11.7 Å². The topological polar surface area (TPSA) is 70.0 Å². The number of hydrogen-bond donors (Lipinski definition) is 1. The predicted molar refractivity (Wildman–Crippen MR) is 89.7 cm³/mol. The summed E-state index contributed by atoms with van der Waals surface area (Å²) in [6, 6.07) is 9.56. The fraction of sp³-hybridized carbons (Fsp3) is 0.167. The maximum Gasteiger partial charge on any atom is 0.416 e. The molecule has 0 saturated carbocycles. The average molecular weight is 381 g/mol. The van der Waals surface area contributed by atoms with E-state index in [1.54, 1.807) is 19.1 Å². The van der Waals surface area contributed by atoms with Gasteiger partial charge in [0.2, 0.25) is 5.91 Å². The Balaban J connectivity index is 2.20. The van der Waals surface area contributed by atoms with Crippen molar-refractivity contribution in [3.63, 3.8) is 0 Å². The van der Waals surface area contributed by atoms with Crippen LogP contribution in [-0.4, -0.2) is 11.7 Å². The molecule has 1 amide bonds. The highest BCUT2D eigenvalue weighted by molar-refractivity contribution is 6.30. The van der Waals surface area contributed by atoms with Gasteiger partial charge in [-0.2, -0.15) is 18.4 Å². The van der Waals surface area contributed by atoms with Gasteiger partial charge < -0.3 is 5.32 Å². The highest BCUT2D eigenvalue weighted by Crippen LogP contribution is 2.29. The number of nitrogens with one attached hydrogen (secondary N) is 1. The van der Waals surface area contributed by atoms with Gasteiger partial charge in [-0.1, -0.05) is 23.7 Å². The Hall–Kier alpha value is -2.85. The highest BCUT2D eigenvalue weighted by atomic mass is 35.5. The van der Waals surface area contributed by atoms with Crippen molar-refractivity contribution in [3.8, 4) is 6.07 Å². The van der Waals surface area contributed by atoms with E-state index in [1.165, 1.54) is 12.1 Å². The number of anilines is 1. The number of aryl methyl sites for hydroxylation is 1. The zero-order valence-corrected chi connectivity index (χ0v) is 14.2. The number of halogens is 4. The molecule has 1 unspecified atom stereocenters. The lowest BCUT2D eigenvalue weighted by Gasteiger charge is -2.12. The SMILES string of the molecule is Cc1cc(Cl)ccc1NC(=O)C(C#N)C(=O)c1ccc(C(F)(F)F)cc1. The van der Waals surface area contributed by atoms with E-state index < -0.39 is 29.3 Å². The van der Waals surface area contributed by atoms with E-state index >= 15 is 0 Å². The first kappa shape index (κ1) is 19.5. The maximum atomic E-state index is 12.6. The molecule has 0 aliphatic carbocycles. The highest BCUT2D eigenvalue weighted by Gasteiger charge is 2.32. The molecule has 0 bridgehead atoms. The van der Waals surface area contributed by atoms with Crippen LogP contribution in [0.5, 0.6) is 0 Å². The molecule has 0 heterocycles. The quantitative estimate of drug-likeness (QED) is 0.621. The Labute approximate surface area is 152 Å². The normalized spacial score (nSPS) is 12.2. The van der Waals surface area contributed by atoms with E-state index in [2.05, 4.69) is 5.32 Å². The molecule has 2 rings (SSSR count). The molecule has 0 radical (unpaired) electrons. The van der Waals surface area contributed by atoms with E-state index in [0.29, 0.717) is 16.3 Å². The molecule has 1 atom stereocenters. The summed E-state index contributed by atoms with van der Waals surface area (Å²) in [5.41, 5.74) is -0.0827. The molecular formula is C18H12ClF3N2O2. The second-order valence-electron chi connectivity index (χ2n) is 5.45. The van der Waals surface area contributed by atoms with Gasteiger partial charge in [-0.15, -0.1) is 0 Å². The third-order valence-electron chi connectivity index (χ3n) is 3.60. The molecule has 0 aliphatic rings. The van der Waals surface area contributed by atoms with Crippen molar-refractivity contribution >= 4 is 29.0 Å². The second kappa shape index (κ2) is 7.58. The van der Waals surface area contributed by atoms with E-state index in [1.807, 2.05) is 0 Å². The van der Waals surface area contributed by atoms with Crippen LogP contribution in [-0.2, 0) is 11.0 Å². The van der Waals surface area contributed by atoms with Crippen LogP contribution in [0.15, 0.2) is 42.5 Å². The van der Waals surface area contributed by atoms with Crippen molar-refractivity contribution in [1.29, 1.82) is 5.26 Å². The molecule has 1 N–H and O–H groups in total. The van der Waals surface area contributed by atoms with Gasteiger partial charge in [-0.25, -0.2) is 0 Å². The Morgan fingerprint density at radius 3 is 2.27 bits per heavy atom. The molecular weight excluding hydrogens is 369 g/mol. The first-order chi connectivity index (χ1) is 12.1. The number of nitriles is 1. The minimum absolute atomic E-state index is 0.160. The largest absolute Gasteiger partial charge is 0.416 e. The summed E-state index contributed by atoms with van der Waals surface area (Å²) in [4.78, 5) is 24.6. The number of nitrogens with zero attached hydrogens (tertiary/aromatic N) is 1. The molecule has 0 spiro atoms. The summed E-state index contributed by atoms with van der Waals surface area (Å²) in [6.45, 7) is 1.68. The van der Waals surface area contributed by atoms with Crippen molar-refractivity contribution in [2.45, 2.75) is 13.1 Å². The van der Waals surface area contributed by atoms with Gasteiger partial charge in [0.25, 0.3) is 0 Å². The summed E-state index contributed by atoms with van der Waals surface area (Å²) in [6.07, 6.45) is -4.54. The standard InChI is InChI=1S/C18H12ClF3N2O2/c1-10-8-13(19)6-7-15(10)24-17(26)14(9-23)16(25)11-2-4-12(5-3-11)18(20,21)22/h2-8,14H,1H3,(H,24,26). The number of ketones is 1. The fourth-order valence-corrected chi connectivity index (χ4v) is 2.43. The van der Waals surface area contributed by atoms with Crippen LogP contribution in [0.1, 0.15) is 21.5 Å². The summed E-state index contributed by atoms with van der Waals surface area (Å²) >= 11 is 5.82. The second-order valence-corrected chi connectivity index (χ2v) is 5.89. The van der Waals surface area contributed by atoms with E-state index in [9.17, 15) is 28.0 Å². The lowest BCUT2D eigenvalue weighted by molar-refractivity contribution is -0.137. The monoisotopic (exact) mass is 380 g/mol. The van der Waals surface area contributed by atoms with Crippen LogP contribution in [0.3, 0.4) is 0 Å².